The third kappa shape index (κ3) is 3.29. The van der Waals surface area contributed by atoms with Crippen LogP contribution in [0.5, 0.6) is 5.75 Å². The maximum Gasteiger partial charge on any atom is 0.372 e. The van der Waals surface area contributed by atoms with Crippen molar-refractivity contribution in [1.29, 1.82) is 0 Å². The third-order valence-electron chi connectivity index (χ3n) is 5.07. The Hall–Kier alpha value is -3.50. The van der Waals surface area contributed by atoms with Crippen LogP contribution in [0.15, 0.2) is 41.2 Å². The SMILES string of the molecule is COc1cc2c(cc1NC(=O)c1nccs1)-c1c(-c3cccs3)nc(C(=O)O)n1CC2. The number of rotatable bonds is 5. The van der Waals surface area contributed by atoms with E-state index in [0.717, 1.165) is 21.7 Å². The standard InChI is InChI=1S/C21H16N4O4S2/c1-29-14-9-11-4-6-25-17(16(15-3-2-7-30-15)24-18(25)21(27)28)12(11)10-13(14)23-19(26)20-22-5-8-31-20/h2-3,5,7-10H,4,6H2,1H3,(H,23,26)(H,27,28). The molecule has 1 aliphatic heterocycles. The molecule has 31 heavy (non-hydrogen) atoms. The lowest BCUT2D eigenvalue weighted by molar-refractivity contribution is 0.0678. The first-order chi connectivity index (χ1) is 15.1. The third-order valence-corrected chi connectivity index (χ3v) is 6.72. The molecule has 156 valence electrons. The average molecular weight is 453 g/mol. The second-order valence-corrected chi connectivity index (χ2v) is 8.66. The molecular weight excluding hydrogens is 436 g/mol. The number of aromatic carboxylic acids is 1. The molecule has 0 bridgehead atoms. The smallest absolute Gasteiger partial charge is 0.372 e. The average Bonchev–Trinajstić information content (AvgIpc) is 3.53. The number of carboxylic acids is 1. The van der Waals surface area contributed by atoms with E-state index in [-0.39, 0.29) is 11.7 Å². The van der Waals surface area contributed by atoms with Crippen molar-refractivity contribution in [2.75, 3.05) is 12.4 Å². The maximum atomic E-state index is 12.6. The Bertz CT molecular complexity index is 1290. The molecule has 0 aliphatic carbocycles. The van der Waals surface area contributed by atoms with Gasteiger partial charge in [0.25, 0.3) is 5.91 Å². The van der Waals surface area contributed by atoms with Crippen LogP contribution in [0.3, 0.4) is 0 Å². The predicted molar refractivity (Wildman–Crippen MR) is 118 cm³/mol. The Kier molecular flexibility index (Phi) is 4.79. The summed E-state index contributed by atoms with van der Waals surface area (Å²) in [5.74, 6) is -0.860. The number of carboxylic acid groups (broad SMARTS) is 1. The van der Waals surface area contributed by atoms with Gasteiger partial charge in [-0.25, -0.2) is 14.8 Å². The number of thiazole rings is 1. The number of nitrogens with zero attached hydrogens (tertiary/aromatic N) is 3. The van der Waals surface area contributed by atoms with E-state index in [0.29, 0.717) is 35.1 Å². The Morgan fingerprint density at radius 1 is 1.26 bits per heavy atom. The van der Waals surface area contributed by atoms with E-state index in [1.54, 1.807) is 23.3 Å². The molecule has 2 N–H and O–H groups in total. The number of thiophene rings is 1. The summed E-state index contributed by atoms with van der Waals surface area (Å²) in [6, 6.07) is 7.54. The lowest BCUT2D eigenvalue weighted by Gasteiger charge is -2.23. The lowest BCUT2D eigenvalue weighted by atomic mass is 9.95. The van der Waals surface area contributed by atoms with Gasteiger partial charge in [-0.05, 0) is 35.6 Å². The molecule has 4 heterocycles. The van der Waals surface area contributed by atoms with Gasteiger partial charge in [-0.15, -0.1) is 22.7 Å². The van der Waals surface area contributed by atoms with Crippen molar-refractivity contribution in [2.45, 2.75) is 13.0 Å². The van der Waals surface area contributed by atoms with Gasteiger partial charge in [-0.1, -0.05) is 6.07 Å². The highest BCUT2D eigenvalue weighted by Crippen LogP contribution is 2.43. The Labute approximate surface area is 184 Å². The van der Waals surface area contributed by atoms with Crippen LogP contribution in [0.2, 0.25) is 0 Å². The number of aromatic nitrogens is 3. The van der Waals surface area contributed by atoms with Crippen molar-refractivity contribution in [1.82, 2.24) is 14.5 Å². The van der Waals surface area contributed by atoms with E-state index in [9.17, 15) is 14.7 Å². The first-order valence-corrected chi connectivity index (χ1v) is 11.1. The summed E-state index contributed by atoms with van der Waals surface area (Å²) in [6.45, 7) is 0.496. The molecule has 4 aromatic rings. The molecule has 5 rings (SSSR count). The summed E-state index contributed by atoms with van der Waals surface area (Å²) in [4.78, 5) is 33.8. The number of hydrogen-bond donors (Lipinski definition) is 2. The summed E-state index contributed by atoms with van der Waals surface area (Å²) < 4.78 is 7.25. The van der Waals surface area contributed by atoms with Crippen LogP contribution in [-0.2, 0) is 13.0 Å². The van der Waals surface area contributed by atoms with Crippen molar-refractivity contribution < 1.29 is 19.4 Å². The summed E-state index contributed by atoms with van der Waals surface area (Å²) in [6.07, 6.45) is 2.20. The highest BCUT2D eigenvalue weighted by Gasteiger charge is 2.29. The zero-order chi connectivity index (χ0) is 21.5. The van der Waals surface area contributed by atoms with Gasteiger partial charge in [0.05, 0.1) is 23.4 Å². The highest BCUT2D eigenvalue weighted by atomic mass is 32.1. The fourth-order valence-electron chi connectivity index (χ4n) is 3.75. The van der Waals surface area contributed by atoms with Gasteiger partial charge >= 0.3 is 5.97 Å². The molecule has 8 nitrogen and oxygen atoms in total. The van der Waals surface area contributed by atoms with E-state index in [1.165, 1.54) is 22.7 Å². The second-order valence-electron chi connectivity index (χ2n) is 6.82. The lowest BCUT2D eigenvalue weighted by Crippen LogP contribution is -2.17. The molecule has 0 unspecified atom stereocenters. The number of hydrogen-bond acceptors (Lipinski definition) is 7. The quantitative estimate of drug-likeness (QED) is 0.469. The van der Waals surface area contributed by atoms with Crippen molar-refractivity contribution in [2.24, 2.45) is 0 Å². The first kappa shape index (κ1) is 19.5. The van der Waals surface area contributed by atoms with Crippen molar-refractivity contribution in [3.05, 3.63) is 57.6 Å². The molecule has 1 amide bonds. The van der Waals surface area contributed by atoms with Gasteiger partial charge in [-0.2, -0.15) is 0 Å². The summed E-state index contributed by atoms with van der Waals surface area (Å²) >= 11 is 2.75. The van der Waals surface area contributed by atoms with Gasteiger partial charge in [0, 0.05) is 23.7 Å². The Morgan fingerprint density at radius 3 is 2.81 bits per heavy atom. The van der Waals surface area contributed by atoms with Gasteiger partial charge in [0.1, 0.15) is 11.4 Å². The van der Waals surface area contributed by atoms with E-state index in [2.05, 4.69) is 15.3 Å². The molecule has 0 atom stereocenters. The summed E-state index contributed by atoms with van der Waals surface area (Å²) in [5.41, 5.74) is 3.67. The Balaban J connectivity index is 1.68. The van der Waals surface area contributed by atoms with Crippen molar-refractivity contribution >= 4 is 40.2 Å². The second kappa shape index (κ2) is 7.64. The first-order valence-electron chi connectivity index (χ1n) is 9.36. The van der Waals surface area contributed by atoms with Crippen LogP contribution in [0.1, 0.15) is 26.0 Å². The number of aryl methyl sites for hydroxylation is 1. The van der Waals surface area contributed by atoms with Crippen LogP contribution < -0.4 is 10.1 Å². The molecule has 0 fully saturated rings. The Morgan fingerprint density at radius 2 is 2.13 bits per heavy atom. The molecule has 10 heteroatoms. The fourth-order valence-corrected chi connectivity index (χ4v) is 5.00. The van der Waals surface area contributed by atoms with Crippen LogP contribution >= 0.6 is 22.7 Å². The number of amides is 1. The number of nitrogens with one attached hydrogen (secondary N) is 1. The zero-order valence-corrected chi connectivity index (χ0v) is 17.9. The molecular formula is C21H16N4O4S2. The normalized spacial score (nSPS) is 12.2. The minimum Gasteiger partial charge on any atom is -0.495 e. The van der Waals surface area contributed by atoms with Crippen LogP contribution in [-0.4, -0.2) is 38.6 Å². The minimum absolute atomic E-state index is 0.00763. The maximum absolute atomic E-state index is 12.6. The number of fused-ring (bicyclic) bond motifs is 3. The number of benzene rings is 1. The molecule has 0 spiro atoms. The number of ether oxygens (including phenoxy) is 1. The molecule has 0 saturated heterocycles. The van der Waals surface area contributed by atoms with E-state index in [4.69, 9.17) is 4.74 Å². The van der Waals surface area contributed by atoms with Gasteiger partial charge < -0.3 is 19.7 Å². The number of carbonyl (C=O) groups excluding carboxylic acids is 1. The van der Waals surface area contributed by atoms with Crippen LogP contribution in [0.25, 0.3) is 21.8 Å². The molecule has 1 aromatic carbocycles. The van der Waals surface area contributed by atoms with E-state index < -0.39 is 5.97 Å². The van der Waals surface area contributed by atoms with E-state index >= 15 is 0 Å². The number of anilines is 1. The van der Waals surface area contributed by atoms with Gasteiger partial charge in [-0.3, -0.25) is 4.79 Å². The van der Waals surface area contributed by atoms with Crippen LogP contribution in [0, 0.1) is 0 Å². The van der Waals surface area contributed by atoms with E-state index in [1.807, 2.05) is 29.6 Å². The number of carbonyl (C=O) groups is 2. The van der Waals surface area contributed by atoms with Gasteiger partial charge in [0.15, 0.2) is 5.01 Å². The fraction of sp³-hybridized carbons (Fsp3) is 0.143. The molecule has 0 saturated carbocycles. The zero-order valence-electron chi connectivity index (χ0n) is 16.3. The predicted octanol–water partition coefficient (Wildman–Crippen LogP) is 4.25. The van der Waals surface area contributed by atoms with Crippen molar-refractivity contribution in [3.8, 4) is 27.6 Å². The minimum atomic E-state index is -1.07. The topological polar surface area (TPSA) is 106 Å². The van der Waals surface area contributed by atoms with Crippen LogP contribution in [0.4, 0.5) is 5.69 Å². The van der Waals surface area contributed by atoms with Gasteiger partial charge in [0.2, 0.25) is 5.82 Å². The van der Waals surface area contributed by atoms with Crippen molar-refractivity contribution in [3.63, 3.8) is 0 Å². The monoisotopic (exact) mass is 452 g/mol. The number of imidazole rings is 1. The molecule has 0 radical (unpaired) electrons. The molecule has 1 aliphatic rings. The summed E-state index contributed by atoms with van der Waals surface area (Å²) in [7, 11) is 1.55. The summed E-state index contributed by atoms with van der Waals surface area (Å²) in [5, 5.41) is 16.6. The number of methoxy groups -OCH3 is 1. The molecule has 3 aromatic heterocycles. The highest BCUT2D eigenvalue weighted by molar-refractivity contribution is 7.13. The largest absolute Gasteiger partial charge is 0.495 e.